The number of hydrogen-bond acceptors (Lipinski definition) is 3. The topological polar surface area (TPSA) is 61.8 Å². The molecule has 0 aliphatic carbocycles. The van der Waals surface area contributed by atoms with Crippen LogP contribution in [0.1, 0.15) is 24.5 Å². The number of carbonyl (C=O) groups excluding carboxylic acids is 2. The summed E-state index contributed by atoms with van der Waals surface area (Å²) in [5, 5.41) is 8.33. The fourth-order valence-corrected chi connectivity index (χ4v) is 3.23. The second-order valence-corrected chi connectivity index (χ2v) is 7.06. The first-order valence-corrected chi connectivity index (χ1v) is 8.85. The van der Waals surface area contributed by atoms with Gasteiger partial charge in [0.2, 0.25) is 0 Å². The number of benzene rings is 2. The number of hydrogen-bond donors (Lipinski definition) is 1. The average Bonchev–Trinajstić information content (AvgIpc) is 2.84. The average molecular weight is 390 g/mol. The monoisotopic (exact) mass is 389 g/mol. The van der Waals surface area contributed by atoms with Gasteiger partial charge >= 0.3 is 6.03 Å². The van der Waals surface area contributed by atoms with E-state index in [1.165, 1.54) is 6.21 Å². The zero-order valence-electron chi connectivity index (χ0n) is 14.1. The number of rotatable bonds is 5. The van der Waals surface area contributed by atoms with Crippen LogP contribution in [0.4, 0.5) is 4.79 Å². The first-order valence-electron chi connectivity index (χ1n) is 8.09. The van der Waals surface area contributed by atoms with E-state index in [-0.39, 0.29) is 0 Å². The molecule has 2 aromatic carbocycles. The van der Waals surface area contributed by atoms with E-state index in [0.717, 1.165) is 10.6 Å². The van der Waals surface area contributed by atoms with E-state index < -0.39 is 17.5 Å². The Morgan fingerprint density at radius 1 is 1.08 bits per heavy atom. The Hall–Kier alpha value is -2.37. The lowest BCUT2D eigenvalue weighted by atomic mass is 9.93. The van der Waals surface area contributed by atoms with Crippen LogP contribution in [0.3, 0.4) is 0 Å². The Morgan fingerprint density at radius 2 is 1.73 bits per heavy atom. The van der Waals surface area contributed by atoms with Gasteiger partial charge in [0.05, 0.1) is 16.3 Å². The van der Waals surface area contributed by atoms with E-state index in [1.807, 2.05) is 30.3 Å². The van der Waals surface area contributed by atoms with Gasteiger partial charge in [-0.05, 0) is 37.5 Å². The maximum absolute atomic E-state index is 12.7. The highest BCUT2D eigenvalue weighted by atomic mass is 35.5. The van der Waals surface area contributed by atoms with Crippen molar-refractivity contribution >= 4 is 41.4 Å². The Kier molecular flexibility index (Phi) is 5.30. The Morgan fingerprint density at radius 3 is 2.38 bits per heavy atom. The van der Waals surface area contributed by atoms with Crippen molar-refractivity contribution in [3.63, 3.8) is 0 Å². The maximum Gasteiger partial charge on any atom is 0.346 e. The Balaban J connectivity index is 1.75. The molecule has 0 bridgehead atoms. The number of halogens is 2. The summed E-state index contributed by atoms with van der Waals surface area (Å²) in [5.41, 5.74) is 0.545. The highest BCUT2D eigenvalue weighted by Crippen LogP contribution is 2.25. The second-order valence-electron chi connectivity index (χ2n) is 6.24. The van der Waals surface area contributed by atoms with Crippen molar-refractivity contribution < 1.29 is 9.59 Å². The molecule has 0 saturated carbocycles. The van der Waals surface area contributed by atoms with Gasteiger partial charge in [-0.25, -0.2) is 4.79 Å². The number of nitrogens with one attached hydrogen (secondary N) is 1. The first-order chi connectivity index (χ1) is 12.4. The lowest BCUT2D eigenvalue weighted by Crippen LogP contribution is -2.44. The third kappa shape index (κ3) is 3.74. The lowest BCUT2D eigenvalue weighted by molar-refractivity contribution is -0.130. The number of urea groups is 1. The normalized spacial score (nSPS) is 20.0. The van der Waals surface area contributed by atoms with Crippen molar-refractivity contribution in [2.24, 2.45) is 5.10 Å². The molecule has 1 atom stereocenters. The smallest absolute Gasteiger partial charge is 0.322 e. The Bertz CT molecular complexity index is 850. The van der Waals surface area contributed by atoms with Crippen LogP contribution in [-0.4, -0.2) is 28.7 Å². The number of imide groups is 1. The predicted molar refractivity (Wildman–Crippen MR) is 103 cm³/mol. The molecular weight excluding hydrogens is 373 g/mol. The van der Waals surface area contributed by atoms with Gasteiger partial charge in [0, 0.05) is 5.56 Å². The summed E-state index contributed by atoms with van der Waals surface area (Å²) >= 11 is 12.2. The molecular formula is C19H17Cl2N3O2. The van der Waals surface area contributed by atoms with Gasteiger partial charge in [0.25, 0.3) is 5.91 Å². The molecule has 0 unspecified atom stereocenters. The largest absolute Gasteiger partial charge is 0.346 e. The molecule has 3 rings (SSSR count). The van der Waals surface area contributed by atoms with Crippen LogP contribution in [0.15, 0.2) is 53.6 Å². The predicted octanol–water partition coefficient (Wildman–Crippen LogP) is 4.27. The molecule has 3 amide bonds. The summed E-state index contributed by atoms with van der Waals surface area (Å²) in [6.07, 6.45) is 2.46. The third-order valence-corrected chi connectivity index (χ3v) is 4.96. The van der Waals surface area contributed by atoms with E-state index in [4.69, 9.17) is 23.2 Å². The molecule has 5 nitrogen and oxygen atoms in total. The van der Waals surface area contributed by atoms with Crippen LogP contribution >= 0.6 is 23.2 Å². The fourth-order valence-electron chi connectivity index (χ4n) is 2.73. The molecule has 1 aliphatic rings. The highest BCUT2D eigenvalue weighted by Gasteiger charge is 2.47. The molecule has 1 fully saturated rings. The number of amides is 3. The van der Waals surface area contributed by atoms with Crippen molar-refractivity contribution in [1.82, 2.24) is 10.3 Å². The molecule has 1 N–H and O–H groups in total. The van der Waals surface area contributed by atoms with Gasteiger partial charge < -0.3 is 5.32 Å². The quantitative estimate of drug-likeness (QED) is 0.612. The summed E-state index contributed by atoms with van der Waals surface area (Å²) in [5.74, 6) is -0.405. The summed E-state index contributed by atoms with van der Waals surface area (Å²) in [6.45, 7) is 1.70. The SMILES string of the molecule is C[C@]1(CCc2ccccc2)NC(=O)N(/N=C\c2c(Cl)cccc2Cl)C1=O. The van der Waals surface area contributed by atoms with E-state index in [0.29, 0.717) is 28.5 Å². The van der Waals surface area contributed by atoms with Crippen LogP contribution in [0.2, 0.25) is 10.0 Å². The highest BCUT2D eigenvalue weighted by molar-refractivity contribution is 6.38. The molecule has 1 saturated heterocycles. The van der Waals surface area contributed by atoms with Gasteiger partial charge in [-0.1, -0.05) is 59.6 Å². The minimum absolute atomic E-state index is 0.389. The van der Waals surface area contributed by atoms with E-state index >= 15 is 0 Å². The fraction of sp³-hybridized carbons (Fsp3) is 0.211. The molecule has 0 aromatic heterocycles. The van der Waals surface area contributed by atoms with Crippen molar-refractivity contribution in [1.29, 1.82) is 0 Å². The zero-order chi connectivity index (χ0) is 18.7. The van der Waals surface area contributed by atoms with E-state index in [1.54, 1.807) is 25.1 Å². The van der Waals surface area contributed by atoms with Crippen LogP contribution in [0, 0.1) is 0 Å². The number of aryl methyl sites for hydroxylation is 1. The summed E-state index contributed by atoms with van der Waals surface area (Å²) in [7, 11) is 0. The third-order valence-electron chi connectivity index (χ3n) is 4.30. The van der Waals surface area contributed by atoms with E-state index in [2.05, 4.69) is 10.4 Å². The van der Waals surface area contributed by atoms with Crippen LogP contribution in [0.5, 0.6) is 0 Å². The second kappa shape index (κ2) is 7.48. The first kappa shape index (κ1) is 18.4. The minimum atomic E-state index is -1.01. The van der Waals surface area contributed by atoms with Gasteiger partial charge in [-0.3, -0.25) is 4.79 Å². The number of carbonyl (C=O) groups is 2. The summed E-state index contributed by atoms with van der Waals surface area (Å²) in [4.78, 5) is 24.9. The van der Waals surface area contributed by atoms with Crippen LogP contribution in [0.25, 0.3) is 0 Å². The Labute approximate surface area is 161 Å². The van der Waals surface area contributed by atoms with Crippen molar-refractivity contribution in [2.75, 3.05) is 0 Å². The summed E-state index contributed by atoms with van der Waals surface area (Å²) in [6, 6.07) is 14.2. The van der Waals surface area contributed by atoms with Crippen molar-refractivity contribution in [3.8, 4) is 0 Å². The zero-order valence-corrected chi connectivity index (χ0v) is 15.6. The molecule has 1 aliphatic heterocycles. The van der Waals surface area contributed by atoms with Crippen molar-refractivity contribution in [3.05, 3.63) is 69.7 Å². The van der Waals surface area contributed by atoms with Gasteiger partial charge in [-0.15, -0.1) is 5.01 Å². The molecule has 0 radical (unpaired) electrons. The van der Waals surface area contributed by atoms with Gasteiger partial charge in [0.1, 0.15) is 5.54 Å². The van der Waals surface area contributed by atoms with E-state index in [9.17, 15) is 9.59 Å². The van der Waals surface area contributed by atoms with Crippen molar-refractivity contribution in [2.45, 2.75) is 25.3 Å². The van der Waals surface area contributed by atoms with Crippen LogP contribution < -0.4 is 5.32 Å². The standard InChI is InChI=1S/C19H17Cl2N3O2/c1-19(11-10-13-6-3-2-4-7-13)17(25)24(18(26)23-19)22-12-14-15(20)8-5-9-16(14)21/h2-9,12H,10-11H2,1H3,(H,23,26)/b22-12-/t19-/m1/s1. The molecule has 7 heteroatoms. The molecule has 0 spiro atoms. The minimum Gasteiger partial charge on any atom is -0.322 e. The molecule has 134 valence electrons. The van der Waals surface area contributed by atoms with Gasteiger partial charge in [-0.2, -0.15) is 5.10 Å². The maximum atomic E-state index is 12.7. The number of hydrazone groups is 1. The van der Waals surface area contributed by atoms with Crippen LogP contribution in [-0.2, 0) is 11.2 Å². The molecule has 2 aromatic rings. The van der Waals surface area contributed by atoms with Gasteiger partial charge in [0.15, 0.2) is 0 Å². The lowest BCUT2D eigenvalue weighted by Gasteiger charge is -2.20. The number of nitrogens with zero attached hydrogens (tertiary/aromatic N) is 2. The summed E-state index contributed by atoms with van der Waals surface area (Å²) < 4.78 is 0. The molecule has 1 heterocycles. The molecule has 26 heavy (non-hydrogen) atoms.